The molecule has 74 valence electrons. The third-order valence-corrected chi connectivity index (χ3v) is 1.74. The van der Waals surface area contributed by atoms with Crippen molar-refractivity contribution in [3.8, 4) is 0 Å². The van der Waals surface area contributed by atoms with Crippen molar-refractivity contribution >= 4 is 17.5 Å². The molecule has 0 saturated carbocycles. The largest absolute Gasteiger partial charge is 0.480 e. The number of carbonyl (C=O) groups excluding carboxylic acids is 2. The molecule has 0 aliphatic rings. The summed E-state index contributed by atoms with van der Waals surface area (Å²) in [6, 6.07) is 0. The molecule has 0 saturated heterocycles. The van der Waals surface area contributed by atoms with E-state index in [9.17, 15) is 14.4 Å². The van der Waals surface area contributed by atoms with Crippen LogP contribution in [0, 0.1) is 5.92 Å². The van der Waals surface area contributed by atoms with Crippen LogP contribution in [0.25, 0.3) is 0 Å². The molecule has 0 aromatic carbocycles. The molecule has 1 N–H and O–H groups in total. The van der Waals surface area contributed by atoms with E-state index in [1.807, 2.05) is 0 Å². The summed E-state index contributed by atoms with van der Waals surface area (Å²) in [6.45, 7) is 3.32. The molecule has 0 aromatic rings. The SMILES string of the molecule is CCCC(=O)C(C(=O)O)C(=O)CC. The van der Waals surface area contributed by atoms with Crippen LogP contribution in [-0.4, -0.2) is 22.6 Å². The van der Waals surface area contributed by atoms with E-state index in [4.69, 9.17) is 5.11 Å². The second kappa shape index (κ2) is 5.45. The average Bonchev–Trinajstić information content (AvgIpc) is 2.04. The van der Waals surface area contributed by atoms with Crippen LogP contribution in [0.1, 0.15) is 33.1 Å². The Morgan fingerprint density at radius 1 is 1.15 bits per heavy atom. The molecule has 0 bridgehead atoms. The highest BCUT2D eigenvalue weighted by molar-refractivity contribution is 6.16. The number of ketones is 2. The van der Waals surface area contributed by atoms with Crippen molar-refractivity contribution in [2.75, 3.05) is 0 Å². The molecule has 0 spiro atoms. The molecule has 0 aromatic heterocycles. The van der Waals surface area contributed by atoms with E-state index in [1.54, 1.807) is 13.8 Å². The van der Waals surface area contributed by atoms with Crippen molar-refractivity contribution < 1.29 is 19.5 Å². The first-order chi connectivity index (χ1) is 6.04. The van der Waals surface area contributed by atoms with Gasteiger partial charge >= 0.3 is 5.97 Å². The zero-order chi connectivity index (χ0) is 10.4. The van der Waals surface area contributed by atoms with Crippen molar-refractivity contribution in [2.24, 2.45) is 5.92 Å². The molecule has 1 atom stereocenters. The summed E-state index contributed by atoms with van der Waals surface area (Å²) in [5.74, 6) is -3.76. The minimum Gasteiger partial charge on any atom is -0.480 e. The molecular formula is C9H14O4. The molecule has 1 unspecified atom stereocenters. The molecule has 0 radical (unpaired) electrons. The number of carboxylic acids is 1. The Bertz CT molecular complexity index is 220. The molecule has 4 heteroatoms. The van der Waals surface area contributed by atoms with E-state index < -0.39 is 23.5 Å². The minimum absolute atomic E-state index is 0.0897. The van der Waals surface area contributed by atoms with Gasteiger partial charge in [-0.25, -0.2) is 0 Å². The Kier molecular flexibility index (Phi) is 4.96. The number of hydrogen-bond donors (Lipinski definition) is 1. The Morgan fingerprint density at radius 3 is 2.00 bits per heavy atom. The summed E-state index contributed by atoms with van der Waals surface area (Å²) < 4.78 is 0. The maximum Gasteiger partial charge on any atom is 0.321 e. The van der Waals surface area contributed by atoms with Crippen molar-refractivity contribution in [1.29, 1.82) is 0 Å². The first-order valence-electron chi connectivity index (χ1n) is 4.32. The van der Waals surface area contributed by atoms with Crippen LogP contribution in [0.3, 0.4) is 0 Å². The van der Waals surface area contributed by atoms with Gasteiger partial charge in [-0.15, -0.1) is 0 Å². The summed E-state index contributed by atoms with van der Waals surface area (Å²) in [7, 11) is 0. The van der Waals surface area contributed by atoms with E-state index >= 15 is 0 Å². The van der Waals surface area contributed by atoms with E-state index in [1.165, 1.54) is 0 Å². The number of hydrogen-bond acceptors (Lipinski definition) is 3. The average molecular weight is 186 g/mol. The van der Waals surface area contributed by atoms with Crippen molar-refractivity contribution in [1.82, 2.24) is 0 Å². The van der Waals surface area contributed by atoms with Gasteiger partial charge in [-0.2, -0.15) is 0 Å². The number of rotatable bonds is 6. The number of carboxylic acid groups (broad SMARTS) is 1. The lowest BCUT2D eigenvalue weighted by Crippen LogP contribution is -2.31. The molecule has 0 rings (SSSR count). The molecule has 0 heterocycles. The molecule has 4 nitrogen and oxygen atoms in total. The molecule has 0 aliphatic carbocycles. The summed E-state index contributed by atoms with van der Waals surface area (Å²) >= 11 is 0. The van der Waals surface area contributed by atoms with Gasteiger partial charge in [0.1, 0.15) is 0 Å². The van der Waals surface area contributed by atoms with Gasteiger partial charge in [0.05, 0.1) is 0 Å². The lowest BCUT2D eigenvalue weighted by atomic mass is 9.95. The Hall–Kier alpha value is -1.19. The minimum atomic E-state index is -1.44. The Morgan fingerprint density at radius 2 is 1.69 bits per heavy atom. The van der Waals surface area contributed by atoms with E-state index in [0.29, 0.717) is 6.42 Å². The Balaban J connectivity index is 4.51. The van der Waals surface area contributed by atoms with Crippen LogP contribution in [0.4, 0.5) is 0 Å². The topological polar surface area (TPSA) is 71.4 Å². The number of Topliss-reactive ketones (excluding diaryl/α,β-unsaturated/α-hetero) is 2. The quantitative estimate of drug-likeness (QED) is 0.629. The van der Waals surface area contributed by atoms with Crippen LogP contribution in [0.2, 0.25) is 0 Å². The van der Waals surface area contributed by atoms with Crippen molar-refractivity contribution in [3.05, 3.63) is 0 Å². The molecular weight excluding hydrogens is 172 g/mol. The van der Waals surface area contributed by atoms with Crippen LogP contribution in [0.5, 0.6) is 0 Å². The fourth-order valence-electron chi connectivity index (χ4n) is 1.05. The van der Waals surface area contributed by atoms with Gasteiger partial charge in [0.15, 0.2) is 17.5 Å². The van der Waals surface area contributed by atoms with Gasteiger partial charge < -0.3 is 5.11 Å². The van der Waals surface area contributed by atoms with Crippen molar-refractivity contribution in [2.45, 2.75) is 33.1 Å². The lowest BCUT2D eigenvalue weighted by Gasteiger charge is -2.07. The maximum atomic E-state index is 11.2. The molecule has 0 amide bonds. The fraction of sp³-hybridized carbons (Fsp3) is 0.667. The van der Waals surface area contributed by atoms with Crippen molar-refractivity contribution in [3.63, 3.8) is 0 Å². The van der Waals surface area contributed by atoms with Crippen LogP contribution >= 0.6 is 0 Å². The van der Waals surface area contributed by atoms with E-state index in [2.05, 4.69) is 0 Å². The third-order valence-electron chi connectivity index (χ3n) is 1.74. The highest BCUT2D eigenvalue weighted by atomic mass is 16.4. The van der Waals surface area contributed by atoms with Gasteiger partial charge in [0, 0.05) is 12.8 Å². The van der Waals surface area contributed by atoms with Gasteiger partial charge in [0.25, 0.3) is 0 Å². The zero-order valence-corrected chi connectivity index (χ0v) is 7.87. The van der Waals surface area contributed by atoms with Crippen LogP contribution < -0.4 is 0 Å². The first kappa shape index (κ1) is 11.8. The Labute approximate surface area is 76.9 Å². The standard InChI is InChI=1S/C9H14O4/c1-3-5-7(11)8(9(12)13)6(10)4-2/h8H,3-5H2,1-2H3,(H,12,13). The first-order valence-corrected chi connectivity index (χ1v) is 4.32. The van der Waals surface area contributed by atoms with E-state index in [-0.39, 0.29) is 12.8 Å². The maximum absolute atomic E-state index is 11.2. The highest BCUT2D eigenvalue weighted by Gasteiger charge is 2.31. The van der Waals surface area contributed by atoms with Crippen LogP contribution in [0.15, 0.2) is 0 Å². The highest BCUT2D eigenvalue weighted by Crippen LogP contribution is 2.08. The van der Waals surface area contributed by atoms with Crippen LogP contribution in [-0.2, 0) is 14.4 Å². The summed E-state index contributed by atoms with van der Waals surface area (Å²) in [5.41, 5.74) is 0. The summed E-state index contributed by atoms with van der Waals surface area (Å²) in [4.78, 5) is 32.8. The third kappa shape index (κ3) is 3.36. The second-order valence-electron chi connectivity index (χ2n) is 2.81. The monoisotopic (exact) mass is 186 g/mol. The second-order valence-corrected chi connectivity index (χ2v) is 2.81. The normalized spacial score (nSPS) is 12.2. The smallest absolute Gasteiger partial charge is 0.321 e. The van der Waals surface area contributed by atoms with Gasteiger partial charge in [-0.05, 0) is 6.42 Å². The van der Waals surface area contributed by atoms with E-state index in [0.717, 1.165) is 0 Å². The van der Waals surface area contributed by atoms with Gasteiger partial charge in [-0.3, -0.25) is 14.4 Å². The number of carbonyl (C=O) groups is 3. The zero-order valence-electron chi connectivity index (χ0n) is 7.87. The predicted molar refractivity (Wildman–Crippen MR) is 46.3 cm³/mol. The molecule has 0 fully saturated rings. The molecule has 0 aliphatic heterocycles. The lowest BCUT2D eigenvalue weighted by molar-refractivity contribution is -0.150. The number of aliphatic carboxylic acids is 1. The molecule has 13 heavy (non-hydrogen) atoms. The summed E-state index contributed by atoms with van der Waals surface area (Å²) in [5, 5.41) is 8.63. The van der Waals surface area contributed by atoms with Gasteiger partial charge in [0.2, 0.25) is 0 Å². The van der Waals surface area contributed by atoms with Gasteiger partial charge in [-0.1, -0.05) is 13.8 Å². The summed E-state index contributed by atoms with van der Waals surface area (Å²) in [6.07, 6.45) is 0.814. The predicted octanol–water partition coefficient (Wildman–Crippen LogP) is 1.04. The fourth-order valence-corrected chi connectivity index (χ4v) is 1.05.